The Morgan fingerprint density at radius 2 is 2.10 bits per heavy atom. The van der Waals surface area contributed by atoms with Gasteiger partial charge in [0.05, 0.1) is 17.7 Å². The molecule has 4 rings (SSSR count). The summed E-state index contributed by atoms with van der Waals surface area (Å²) in [5.41, 5.74) is 0.679. The first kappa shape index (κ1) is 21.3. The second-order valence-corrected chi connectivity index (χ2v) is 7.94. The third kappa shape index (κ3) is 4.29. The third-order valence-corrected chi connectivity index (χ3v) is 5.78. The van der Waals surface area contributed by atoms with Gasteiger partial charge in [-0.1, -0.05) is 11.6 Å². The molecule has 0 radical (unpaired) electrons. The van der Waals surface area contributed by atoms with Gasteiger partial charge in [-0.3, -0.25) is 4.79 Å². The number of fused-ring (bicyclic) bond motifs is 1. The van der Waals surface area contributed by atoms with Crippen molar-refractivity contribution in [3.05, 3.63) is 63.7 Å². The van der Waals surface area contributed by atoms with Crippen molar-refractivity contribution in [1.82, 2.24) is 4.90 Å². The molecule has 1 aliphatic heterocycles. The normalized spacial score (nSPS) is 17.2. The summed E-state index contributed by atoms with van der Waals surface area (Å²) in [7, 11) is 0. The maximum atomic E-state index is 13.4. The van der Waals surface area contributed by atoms with Gasteiger partial charge in [0.2, 0.25) is 0 Å². The molecule has 1 aromatic heterocycles. The number of nitrogens with zero attached hydrogens (tertiary/aromatic N) is 1. The fourth-order valence-corrected chi connectivity index (χ4v) is 4.22. The number of rotatable bonds is 5. The molecule has 0 saturated carbocycles. The van der Waals surface area contributed by atoms with Crippen molar-refractivity contribution in [1.29, 1.82) is 0 Å². The van der Waals surface area contributed by atoms with Crippen LogP contribution in [0.2, 0.25) is 5.02 Å². The second-order valence-electron chi connectivity index (χ2n) is 7.53. The van der Waals surface area contributed by atoms with Crippen molar-refractivity contribution in [2.75, 3.05) is 13.2 Å². The molecule has 1 amide bonds. The summed E-state index contributed by atoms with van der Waals surface area (Å²) in [5, 5.41) is 10.2. The van der Waals surface area contributed by atoms with Crippen LogP contribution in [0.15, 0.2) is 51.7 Å². The van der Waals surface area contributed by atoms with Gasteiger partial charge in [0.25, 0.3) is 5.91 Å². The summed E-state index contributed by atoms with van der Waals surface area (Å²) in [6.45, 7) is 2.16. The second kappa shape index (κ2) is 8.69. The maximum absolute atomic E-state index is 13.4. The average Bonchev–Trinajstić information content (AvgIpc) is 3.21. The molecule has 0 bridgehead atoms. The minimum atomic E-state index is -0.772. The van der Waals surface area contributed by atoms with E-state index in [1.54, 1.807) is 24.0 Å². The van der Waals surface area contributed by atoms with Crippen molar-refractivity contribution in [2.24, 2.45) is 0 Å². The largest absolute Gasteiger partial charge is 0.481 e. The van der Waals surface area contributed by atoms with Gasteiger partial charge in [0, 0.05) is 35.2 Å². The molecule has 1 N–H and O–H groups in total. The van der Waals surface area contributed by atoms with E-state index >= 15 is 0 Å². The number of hydrogen-bond donors (Lipinski definition) is 1. The van der Waals surface area contributed by atoms with Gasteiger partial charge in [-0.25, -0.2) is 9.18 Å². The predicted octanol–water partition coefficient (Wildman–Crippen LogP) is 4.00. The van der Waals surface area contributed by atoms with Crippen molar-refractivity contribution >= 4 is 28.5 Å². The van der Waals surface area contributed by atoms with Crippen LogP contribution in [0.25, 0.3) is 22.1 Å². The fraction of sp³-hybridized carbons (Fsp3) is 0.304. The highest BCUT2D eigenvalue weighted by Gasteiger charge is 2.31. The Balaban J connectivity index is 1.64. The molecule has 2 atom stereocenters. The number of benzene rings is 2. The maximum Gasteiger partial charge on any atom is 0.336 e. The lowest BCUT2D eigenvalue weighted by molar-refractivity contribution is -0.139. The van der Waals surface area contributed by atoms with Crippen LogP contribution in [0.4, 0.5) is 4.39 Å². The molecule has 0 aliphatic carbocycles. The molecular formula is C23H21ClFNO5. The van der Waals surface area contributed by atoms with Crippen LogP contribution >= 0.6 is 11.6 Å². The van der Waals surface area contributed by atoms with Gasteiger partial charge in [0.1, 0.15) is 17.1 Å². The van der Waals surface area contributed by atoms with Crippen molar-refractivity contribution in [3.63, 3.8) is 0 Å². The van der Waals surface area contributed by atoms with Crippen LogP contribution < -0.4 is 10.4 Å². The van der Waals surface area contributed by atoms with Crippen LogP contribution in [-0.2, 0) is 4.79 Å². The van der Waals surface area contributed by atoms with E-state index in [1.807, 2.05) is 0 Å². The molecule has 1 aliphatic rings. The predicted molar refractivity (Wildman–Crippen MR) is 115 cm³/mol. The summed E-state index contributed by atoms with van der Waals surface area (Å²) in [6.07, 6.45) is 0.843. The average molecular weight is 446 g/mol. The van der Waals surface area contributed by atoms with E-state index < -0.39 is 17.5 Å². The number of halogens is 2. The lowest BCUT2D eigenvalue weighted by atomic mass is 10.0. The SMILES string of the molecule is C[C@@H](Oc1ccc2c(-c3ccc(F)cc3Cl)cc(=O)oc2c1)C(=O)N1CCC[C@H]1CO. The van der Waals surface area contributed by atoms with Crippen LogP contribution in [-0.4, -0.2) is 41.2 Å². The van der Waals surface area contributed by atoms with Gasteiger partial charge in [-0.2, -0.15) is 0 Å². The Hall–Kier alpha value is -2.90. The van der Waals surface area contributed by atoms with Crippen molar-refractivity contribution in [2.45, 2.75) is 31.9 Å². The number of amides is 1. The van der Waals surface area contributed by atoms with E-state index in [4.69, 9.17) is 20.8 Å². The third-order valence-electron chi connectivity index (χ3n) is 5.47. The number of likely N-dealkylation sites (tertiary alicyclic amines) is 1. The zero-order valence-corrected chi connectivity index (χ0v) is 17.6. The van der Waals surface area contributed by atoms with Crippen LogP contribution in [0.1, 0.15) is 19.8 Å². The van der Waals surface area contributed by atoms with E-state index in [1.165, 1.54) is 30.3 Å². The first-order valence-corrected chi connectivity index (χ1v) is 10.4. The van der Waals surface area contributed by atoms with Crippen molar-refractivity contribution < 1.29 is 23.4 Å². The lowest BCUT2D eigenvalue weighted by Gasteiger charge is -2.26. The zero-order chi connectivity index (χ0) is 22.1. The lowest BCUT2D eigenvalue weighted by Crippen LogP contribution is -2.44. The van der Waals surface area contributed by atoms with E-state index in [9.17, 15) is 19.1 Å². The Bertz CT molecular complexity index is 1190. The minimum absolute atomic E-state index is 0.0751. The van der Waals surface area contributed by atoms with Crippen LogP contribution in [0.3, 0.4) is 0 Å². The molecule has 0 unspecified atom stereocenters. The standard InChI is InChI=1S/C23H21ClFNO5/c1-13(23(29)26-8-2-3-15(26)12-27)30-16-5-7-18-19(11-22(28)31-21(18)10-16)17-6-4-14(25)9-20(17)24/h4-7,9-11,13,15,27H,2-3,8,12H2,1H3/t13-,15+/m1/s1. The number of carbonyl (C=O) groups excluding carboxylic acids is 1. The molecule has 2 aromatic carbocycles. The van der Waals surface area contributed by atoms with Gasteiger partial charge in [0.15, 0.2) is 6.10 Å². The highest BCUT2D eigenvalue weighted by atomic mass is 35.5. The number of aliphatic hydroxyl groups is 1. The zero-order valence-electron chi connectivity index (χ0n) is 16.8. The Kier molecular flexibility index (Phi) is 5.98. The van der Waals surface area contributed by atoms with E-state index in [2.05, 4.69) is 0 Å². The summed E-state index contributed by atoms with van der Waals surface area (Å²) in [5.74, 6) is -0.319. The minimum Gasteiger partial charge on any atom is -0.481 e. The van der Waals surface area contributed by atoms with E-state index in [0.29, 0.717) is 28.8 Å². The van der Waals surface area contributed by atoms with Gasteiger partial charge in [-0.15, -0.1) is 0 Å². The van der Waals surface area contributed by atoms with E-state index in [-0.39, 0.29) is 29.2 Å². The highest BCUT2D eigenvalue weighted by Crippen LogP contribution is 2.34. The van der Waals surface area contributed by atoms with Gasteiger partial charge < -0.3 is 19.2 Å². The van der Waals surface area contributed by atoms with Crippen LogP contribution in [0.5, 0.6) is 5.75 Å². The molecule has 31 heavy (non-hydrogen) atoms. The molecular weight excluding hydrogens is 425 g/mol. The molecule has 0 spiro atoms. The smallest absolute Gasteiger partial charge is 0.336 e. The summed E-state index contributed by atoms with van der Waals surface area (Å²) >= 11 is 6.18. The molecule has 162 valence electrons. The molecule has 2 heterocycles. The number of hydrogen-bond acceptors (Lipinski definition) is 5. The Morgan fingerprint density at radius 3 is 2.84 bits per heavy atom. The summed E-state index contributed by atoms with van der Waals surface area (Å²) in [6, 6.07) is 9.98. The number of carbonyl (C=O) groups is 1. The topological polar surface area (TPSA) is 80.0 Å². The van der Waals surface area contributed by atoms with Gasteiger partial charge in [-0.05, 0) is 50.1 Å². The monoisotopic (exact) mass is 445 g/mol. The first-order chi connectivity index (χ1) is 14.9. The Labute approximate surface area is 182 Å². The quantitative estimate of drug-likeness (QED) is 0.600. The molecule has 8 heteroatoms. The van der Waals surface area contributed by atoms with Crippen molar-refractivity contribution in [3.8, 4) is 16.9 Å². The molecule has 1 fully saturated rings. The Morgan fingerprint density at radius 1 is 1.29 bits per heavy atom. The first-order valence-electron chi connectivity index (χ1n) is 9.98. The molecule has 3 aromatic rings. The summed E-state index contributed by atoms with van der Waals surface area (Å²) in [4.78, 5) is 26.5. The van der Waals surface area contributed by atoms with Crippen LogP contribution in [0, 0.1) is 5.82 Å². The molecule has 1 saturated heterocycles. The number of aliphatic hydroxyl groups excluding tert-OH is 1. The van der Waals surface area contributed by atoms with E-state index in [0.717, 1.165) is 12.8 Å². The summed E-state index contributed by atoms with van der Waals surface area (Å²) < 4.78 is 24.6. The van der Waals surface area contributed by atoms with Gasteiger partial charge >= 0.3 is 5.63 Å². The number of ether oxygens (including phenoxy) is 1. The fourth-order valence-electron chi connectivity index (χ4n) is 3.95. The highest BCUT2D eigenvalue weighted by molar-refractivity contribution is 6.33. The molecule has 6 nitrogen and oxygen atoms in total.